The first-order valence-corrected chi connectivity index (χ1v) is 13.9. The van der Waals surface area contributed by atoms with Crippen LogP contribution >= 0.6 is 0 Å². The summed E-state index contributed by atoms with van der Waals surface area (Å²) in [6.45, 7) is -0.541. The first-order valence-electron chi connectivity index (χ1n) is 13.9. The fourth-order valence-electron chi connectivity index (χ4n) is 4.47. The average molecular weight is 611 g/mol. The van der Waals surface area contributed by atoms with Crippen molar-refractivity contribution in [2.75, 3.05) is 13.2 Å². The molecule has 0 saturated heterocycles. The van der Waals surface area contributed by atoms with E-state index in [0.717, 1.165) is 10.9 Å². The third kappa shape index (κ3) is 9.71. The maximum atomic E-state index is 13.5. The van der Waals surface area contributed by atoms with Gasteiger partial charge in [-0.15, -0.1) is 0 Å². The van der Waals surface area contributed by atoms with E-state index in [1.165, 1.54) is 24.3 Å². The molecule has 0 aliphatic carbocycles. The van der Waals surface area contributed by atoms with Crippen molar-refractivity contribution >= 4 is 40.6 Å². The number of carbonyl (C=O) groups excluding carboxylic acids is 3. The van der Waals surface area contributed by atoms with Gasteiger partial charge >= 0.3 is 5.97 Å². The predicted molar refractivity (Wildman–Crippen MR) is 162 cm³/mol. The smallest absolute Gasteiger partial charge is 0.326 e. The SMILES string of the molecule is NC(N)=NCCCC(N)C(=O)NC(CO)C(=O)NC(Cc1c[nH]c2ccccc12)C(=O)NC(Cc1ccc(O)cc1)C(=O)O. The van der Waals surface area contributed by atoms with Gasteiger partial charge in [0, 0.05) is 36.5 Å². The number of aromatic nitrogens is 1. The van der Waals surface area contributed by atoms with Gasteiger partial charge in [-0.05, 0) is 42.2 Å². The summed E-state index contributed by atoms with van der Waals surface area (Å²) >= 11 is 0. The van der Waals surface area contributed by atoms with Crippen LogP contribution in [0.2, 0.25) is 0 Å². The fraction of sp³-hybridized carbons (Fsp3) is 0.345. The molecule has 0 fully saturated rings. The topological polar surface area (TPSA) is 271 Å². The number of carboxylic acid groups (broad SMARTS) is 1. The lowest BCUT2D eigenvalue weighted by molar-refractivity contribution is -0.142. The standard InChI is InChI=1S/C29H38N8O7/c30-20(5-3-11-33-29(31)32)25(40)37-24(15-38)27(42)35-22(13-17-14-34-21-6-2-1-4-19(17)21)26(41)36-23(28(43)44)12-16-7-9-18(39)10-8-16/h1-2,4,6-10,14,20,22-24,34,38-39H,3,5,11-13,15,30H2,(H,35,42)(H,36,41)(H,37,40)(H,43,44)(H4,31,32,33). The summed E-state index contributed by atoms with van der Waals surface area (Å²) in [5, 5.41) is 37.4. The third-order valence-corrected chi connectivity index (χ3v) is 6.84. The molecular formula is C29H38N8O7. The van der Waals surface area contributed by atoms with Crippen molar-refractivity contribution in [3.05, 3.63) is 65.9 Å². The summed E-state index contributed by atoms with van der Waals surface area (Å²) < 4.78 is 0. The lowest BCUT2D eigenvalue weighted by Gasteiger charge is -2.24. The zero-order chi connectivity index (χ0) is 32.2. The molecule has 44 heavy (non-hydrogen) atoms. The van der Waals surface area contributed by atoms with Crippen LogP contribution in [0.4, 0.5) is 0 Å². The number of rotatable bonds is 16. The van der Waals surface area contributed by atoms with Gasteiger partial charge in [-0.25, -0.2) is 4.79 Å². The molecule has 15 nitrogen and oxygen atoms in total. The maximum Gasteiger partial charge on any atom is 0.326 e. The Morgan fingerprint density at radius 1 is 0.864 bits per heavy atom. The van der Waals surface area contributed by atoms with E-state index in [0.29, 0.717) is 17.5 Å². The number of nitrogens with two attached hydrogens (primary N) is 3. The Hall–Kier alpha value is -5.15. The van der Waals surface area contributed by atoms with Crippen molar-refractivity contribution in [2.24, 2.45) is 22.2 Å². The van der Waals surface area contributed by atoms with Crippen LogP contribution in [-0.2, 0) is 32.0 Å². The number of aliphatic imine (C=N–C) groups is 1. The first-order chi connectivity index (χ1) is 21.0. The van der Waals surface area contributed by atoms with Crippen molar-refractivity contribution in [1.29, 1.82) is 0 Å². The van der Waals surface area contributed by atoms with E-state index in [1.807, 2.05) is 24.3 Å². The number of para-hydroxylation sites is 1. The molecule has 0 aliphatic heterocycles. The van der Waals surface area contributed by atoms with Crippen LogP contribution in [0.25, 0.3) is 10.9 Å². The number of guanidine groups is 1. The van der Waals surface area contributed by atoms with Crippen LogP contribution in [0.15, 0.2) is 59.7 Å². The Morgan fingerprint density at radius 3 is 2.16 bits per heavy atom. The number of carboxylic acids is 1. The van der Waals surface area contributed by atoms with E-state index in [9.17, 15) is 34.5 Å². The molecule has 13 N–H and O–H groups in total. The molecule has 3 rings (SSSR count). The number of carbonyl (C=O) groups is 4. The van der Waals surface area contributed by atoms with Gasteiger partial charge in [0.2, 0.25) is 17.7 Å². The number of hydrogen-bond donors (Lipinski definition) is 10. The van der Waals surface area contributed by atoms with Gasteiger partial charge < -0.3 is 53.5 Å². The maximum absolute atomic E-state index is 13.5. The van der Waals surface area contributed by atoms with E-state index in [1.54, 1.807) is 6.20 Å². The van der Waals surface area contributed by atoms with Gasteiger partial charge in [0.05, 0.1) is 12.6 Å². The molecule has 0 saturated carbocycles. The lowest BCUT2D eigenvalue weighted by Crippen LogP contribution is -2.58. The Balaban J connectivity index is 1.76. The molecule has 0 aliphatic rings. The molecule has 15 heteroatoms. The van der Waals surface area contributed by atoms with Gasteiger partial charge in [-0.1, -0.05) is 30.3 Å². The van der Waals surface area contributed by atoms with Crippen LogP contribution in [0.1, 0.15) is 24.0 Å². The van der Waals surface area contributed by atoms with Gasteiger partial charge in [0.25, 0.3) is 0 Å². The van der Waals surface area contributed by atoms with Gasteiger partial charge in [-0.2, -0.15) is 0 Å². The third-order valence-electron chi connectivity index (χ3n) is 6.84. The monoisotopic (exact) mass is 610 g/mol. The molecule has 1 heterocycles. The number of aliphatic hydroxyl groups excluding tert-OH is 1. The number of fused-ring (bicyclic) bond motifs is 1. The number of aromatic amines is 1. The van der Waals surface area contributed by atoms with Crippen molar-refractivity contribution in [3.63, 3.8) is 0 Å². The quantitative estimate of drug-likeness (QED) is 0.0513. The Morgan fingerprint density at radius 2 is 1.50 bits per heavy atom. The molecular weight excluding hydrogens is 572 g/mol. The van der Waals surface area contributed by atoms with E-state index in [2.05, 4.69) is 25.9 Å². The molecule has 4 unspecified atom stereocenters. The van der Waals surface area contributed by atoms with E-state index < -0.39 is 54.5 Å². The summed E-state index contributed by atoms with van der Waals surface area (Å²) in [6, 6.07) is 8.04. The molecule has 0 bridgehead atoms. The van der Waals surface area contributed by atoms with Crippen LogP contribution in [0, 0.1) is 0 Å². The highest BCUT2D eigenvalue weighted by Gasteiger charge is 2.31. The number of hydrogen-bond acceptors (Lipinski definition) is 8. The van der Waals surface area contributed by atoms with Crippen LogP contribution in [0.3, 0.4) is 0 Å². The van der Waals surface area contributed by atoms with E-state index in [4.69, 9.17) is 17.2 Å². The number of benzene rings is 2. The minimum atomic E-state index is -1.45. The largest absolute Gasteiger partial charge is 0.508 e. The van der Waals surface area contributed by atoms with Gasteiger partial charge in [0.1, 0.15) is 23.9 Å². The molecule has 1 aromatic heterocycles. The Labute approximate surface area is 252 Å². The highest BCUT2D eigenvalue weighted by atomic mass is 16.4. The summed E-state index contributed by atoms with van der Waals surface area (Å²) in [5.74, 6) is -3.78. The average Bonchev–Trinajstić information content (AvgIpc) is 3.40. The minimum absolute atomic E-state index is 0.00333. The summed E-state index contributed by atoms with van der Waals surface area (Å²) in [7, 11) is 0. The highest BCUT2D eigenvalue weighted by Crippen LogP contribution is 2.19. The first kappa shape index (κ1) is 33.4. The summed E-state index contributed by atoms with van der Waals surface area (Å²) in [4.78, 5) is 58.3. The van der Waals surface area contributed by atoms with Crippen LogP contribution < -0.4 is 33.2 Å². The second-order valence-corrected chi connectivity index (χ2v) is 10.2. The number of phenols is 1. The fourth-order valence-corrected chi connectivity index (χ4v) is 4.47. The van der Waals surface area contributed by atoms with Crippen LogP contribution in [0.5, 0.6) is 5.75 Å². The molecule has 3 aromatic rings. The summed E-state index contributed by atoms with van der Waals surface area (Å²) in [5.41, 5.74) is 18.5. The van der Waals surface area contributed by atoms with Crippen molar-refractivity contribution in [1.82, 2.24) is 20.9 Å². The summed E-state index contributed by atoms with van der Waals surface area (Å²) in [6.07, 6.45) is 2.14. The van der Waals surface area contributed by atoms with E-state index in [-0.39, 0.29) is 37.5 Å². The number of phenolic OH excluding ortho intramolecular Hbond substituents is 1. The molecule has 236 valence electrons. The highest BCUT2D eigenvalue weighted by molar-refractivity contribution is 5.95. The lowest BCUT2D eigenvalue weighted by atomic mass is 10.0. The van der Waals surface area contributed by atoms with Gasteiger partial charge in [0.15, 0.2) is 5.96 Å². The number of aliphatic carboxylic acids is 1. The number of nitrogens with one attached hydrogen (secondary N) is 4. The van der Waals surface area contributed by atoms with E-state index >= 15 is 0 Å². The van der Waals surface area contributed by atoms with Gasteiger partial charge in [-0.3, -0.25) is 19.4 Å². The Kier molecular flexibility index (Phi) is 12.1. The number of nitrogens with zero attached hydrogens (tertiary/aromatic N) is 1. The second-order valence-electron chi connectivity index (χ2n) is 10.2. The zero-order valence-electron chi connectivity index (χ0n) is 23.9. The molecule has 0 spiro atoms. The normalized spacial score (nSPS) is 13.7. The van der Waals surface area contributed by atoms with Crippen molar-refractivity contribution < 1.29 is 34.5 Å². The molecule has 4 atom stereocenters. The minimum Gasteiger partial charge on any atom is -0.508 e. The van der Waals surface area contributed by atoms with Crippen molar-refractivity contribution in [2.45, 2.75) is 49.9 Å². The molecule has 0 radical (unpaired) electrons. The number of aliphatic hydroxyl groups is 1. The Bertz CT molecular complexity index is 1470. The number of H-pyrrole nitrogens is 1. The molecule has 2 aromatic carbocycles. The van der Waals surface area contributed by atoms with Crippen LogP contribution in [-0.4, -0.2) is 87.3 Å². The predicted octanol–water partition coefficient (Wildman–Crippen LogP) is -1.43. The van der Waals surface area contributed by atoms with Crippen molar-refractivity contribution in [3.8, 4) is 5.75 Å². The number of amides is 3. The molecule has 3 amide bonds. The zero-order valence-corrected chi connectivity index (χ0v) is 23.9. The second kappa shape index (κ2) is 15.9. The number of aromatic hydroxyl groups is 1.